The number of aromatic nitrogens is 1. The topological polar surface area (TPSA) is 79.3 Å². The van der Waals surface area contributed by atoms with Crippen molar-refractivity contribution >= 4 is 40.5 Å². The number of aryl methyl sites for hydroxylation is 1. The largest absolute Gasteiger partial charge is 0.478 e. The second kappa shape index (κ2) is 9.12. The van der Waals surface area contributed by atoms with Crippen molar-refractivity contribution in [2.45, 2.75) is 13.8 Å². The first-order valence-corrected chi connectivity index (χ1v) is 9.77. The Balaban J connectivity index is 1.77. The molecule has 3 aromatic rings. The summed E-state index contributed by atoms with van der Waals surface area (Å²) in [6.45, 7) is 3.95. The number of hydrogen-bond acceptors (Lipinski definition) is 4. The van der Waals surface area contributed by atoms with Crippen LogP contribution in [-0.2, 0) is 0 Å². The molecule has 0 aliphatic heterocycles. The summed E-state index contributed by atoms with van der Waals surface area (Å²) in [5.41, 5.74) is 3.39. The summed E-state index contributed by atoms with van der Waals surface area (Å²) in [7, 11) is 0. The maximum atomic E-state index is 12.6. The summed E-state index contributed by atoms with van der Waals surface area (Å²) in [5.74, 6) is -1.40. The number of benzene rings is 1. The maximum Gasteiger partial charge on any atom is 0.337 e. The van der Waals surface area contributed by atoms with Crippen LogP contribution in [0.4, 0.5) is 5.69 Å². The Kier molecular flexibility index (Phi) is 6.36. The van der Waals surface area contributed by atoms with Gasteiger partial charge in [-0.3, -0.25) is 9.78 Å². The van der Waals surface area contributed by atoms with Gasteiger partial charge < -0.3 is 10.4 Å². The molecule has 146 valence electrons. The fraction of sp³-hybridized carbons (Fsp3) is 0.0870. The third-order valence-electron chi connectivity index (χ3n) is 4.22. The smallest absolute Gasteiger partial charge is 0.337 e. The third-order valence-corrected chi connectivity index (χ3v) is 5.60. The molecule has 0 saturated heterocycles. The highest BCUT2D eigenvalue weighted by atomic mass is 32.1. The lowest BCUT2D eigenvalue weighted by Crippen LogP contribution is -2.13. The molecule has 5 nitrogen and oxygen atoms in total. The number of carbonyl (C=O) groups excluding carboxylic acids is 1. The molecule has 6 heteroatoms. The van der Waals surface area contributed by atoms with Crippen LogP contribution in [0.1, 0.15) is 43.0 Å². The SMILES string of the molecule is C/C(=C\C=C/c1cccnc1)c1sc(C(=O)Nc2ccccc2C(=O)O)cc1C. The summed E-state index contributed by atoms with van der Waals surface area (Å²) < 4.78 is 0. The number of allylic oxidation sites excluding steroid dienone is 3. The number of thiophene rings is 1. The Hall–Kier alpha value is -3.51. The molecule has 3 rings (SSSR count). The molecular weight excluding hydrogens is 384 g/mol. The molecule has 0 fully saturated rings. The summed E-state index contributed by atoms with van der Waals surface area (Å²) >= 11 is 1.38. The number of amides is 1. The monoisotopic (exact) mass is 404 g/mol. The fourth-order valence-corrected chi connectivity index (χ4v) is 3.85. The number of carboxylic acids is 1. The second-order valence-electron chi connectivity index (χ2n) is 6.42. The Morgan fingerprint density at radius 2 is 1.97 bits per heavy atom. The van der Waals surface area contributed by atoms with Crippen LogP contribution in [0.3, 0.4) is 0 Å². The van der Waals surface area contributed by atoms with Crippen molar-refractivity contribution in [3.05, 3.63) is 93.5 Å². The zero-order chi connectivity index (χ0) is 20.8. The Labute approximate surface area is 173 Å². The number of anilines is 1. The van der Waals surface area contributed by atoms with E-state index in [0.29, 0.717) is 4.88 Å². The maximum absolute atomic E-state index is 12.6. The van der Waals surface area contributed by atoms with Gasteiger partial charge in [0.25, 0.3) is 5.91 Å². The van der Waals surface area contributed by atoms with Gasteiger partial charge in [-0.05, 0) is 54.8 Å². The van der Waals surface area contributed by atoms with Crippen LogP contribution < -0.4 is 5.32 Å². The minimum atomic E-state index is -1.08. The van der Waals surface area contributed by atoms with Gasteiger partial charge in [0, 0.05) is 17.3 Å². The Morgan fingerprint density at radius 3 is 2.69 bits per heavy atom. The van der Waals surface area contributed by atoms with E-state index in [-0.39, 0.29) is 17.2 Å². The third kappa shape index (κ3) is 5.06. The van der Waals surface area contributed by atoms with E-state index in [1.54, 1.807) is 30.6 Å². The van der Waals surface area contributed by atoms with Crippen LogP contribution >= 0.6 is 11.3 Å². The lowest BCUT2D eigenvalue weighted by Gasteiger charge is -2.06. The standard InChI is InChI=1S/C23H20N2O3S/c1-15(7-5-8-17-9-6-12-24-14-17)21-16(2)13-20(29-21)22(26)25-19-11-4-3-10-18(19)23(27)28/h3-14H,1-2H3,(H,25,26)(H,27,28)/b8-5-,15-7+. The lowest BCUT2D eigenvalue weighted by atomic mass is 10.1. The van der Waals surface area contributed by atoms with Crippen LogP contribution in [0.5, 0.6) is 0 Å². The number of pyridine rings is 1. The first-order chi connectivity index (χ1) is 14.0. The summed E-state index contributed by atoms with van der Waals surface area (Å²) in [4.78, 5) is 29.6. The van der Waals surface area contributed by atoms with Crippen molar-refractivity contribution < 1.29 is 14.7 Å². The minimum Gasteiger partial charge on any atom is -0.478 e. The van der Waals surface area contributed by atoms with E-state index in [9.17, 15) is 14.7 Å². The van der Waals surface area contributed by atoms with Gasteiger partial charge in [-0.15, -0.1) is 11.3 Å². The van der Waals surface area contributed by atoms with Gasteiger partial charge in [0.15, 0.2) is 0 Å². The first kappa shape index (κ1) is 20.2. The molecule has 2 N–H and O–H groups in total. The van der Waals surface area contributed by atoms with Gasteiger partial charge in [-0.2, -0.15) is 0 Å². The van der Waals surface area contributed by atoms with E-state index in [0.717, 1.165) is 21.6 Å². The van der Waals surface area contributed by atoms with Gasteiger partial charge in [-0.1, -0.05) is 36.4 Å². The van der Waals surface area contributed by atoms with Gasteiger partial charge >= 0.3 is 5.97 Å². The van der Waals surface area contributed by atoms with E-state index in [2.05, 4.69) is 10.3 Å². The molecule has 2 heterocycles. The summed E-state index contributed by atoms with van der Waals surface area (Å²) in [6.07, 6.45) is 9.43. The molecule has 1 aromatic carbocycles. The number of aromatic carboxylic acids is 1. The molecule has 1 amide bonds. The van der Waals surface area contributed by atoms with E-state index in [4.69, 9.17) is 0 Å². The highest BCUT2D eigenvalue weighted by molar-refractivity contribution is 7.15. The van der Waals surface area contributed by atoms with Gasteiger partial charge in [0.1, 0.15) is 0 Å². The molecule has 0 spiro atoms. The average Bonchev–Trinajstić information content (AvgIpc) is 3.11. The highest BCUT2D eigenvalue weighted by Crippen LogP contribution is 2.29. The molecule has 0 saturated carbocycles. The number of nitrogens with zero attached hydrogens (tertiary/aromatic N) is 1. The zero-order valence-corrected chi connectivity index (χ0v) is 16.9. The predicted octanol–water partition coefficient (Wildman–Crippen LogP) is 5.52. The average molecular weight is 404 g/mol. The normalized spacial score (nSPS) is 11.6. The second-order valence-corrected chi connectivity index (χ2v) is 7.48. The molecule has 0 atom stereocenters. The minimum absolute atomic E-state index is 0.0611. The van der Waals surface area contributed by atoms with Crippen LogP contribution in [0.2, 0.25) is 0 Å². The number of para-hydroxylation sites is 1. The van der Waals surface area contributed by atoms with Crippen molar-refractivity contribution in [3.8, 4) is 0 Å². The molecule has 0 bridgehead atoms. The van der Waals surface area contributed by atoms with E-state index < -0.39 is 5.97 Å². The first-order valence-electron chi connectivity index (χ1n) is 8.95. The van der Waals surface area contributed by atoms with E-state index in [1.807, 2.05) is 50.3 Å². The quantitative estimate of drug-likeness (QED) is 0.530. The van der Waals surface area contributed by atoms with Crippen LogP contribution in [0.15, 0.2) is 67.0 Å². The summed E-state index contributed by atoms with van der Waals surface area (Å²) in [5, 5.41) is 12.0. The highest BCUT2D eigenvalue weighted by Gasteiger charge is 2.16. The molecule has 0 aliphatic carbocycles. The van der Waals surface area contributed by atoms with Gasteiger partial charge in [-0.25, -0.2) is 4.79 Å². The van der Waals surface area contributed by atoms with Gasteiger partial charge in [0.2, 0.25) is 0 Å². The lowest BCUT2D eigenvalue weighted by molar-refractivity contribution is 0.0698. The van der Waals surface area contributed by atoms with Crippen molar-refractivity contribution in [1.82, 2.24) is 4.98 Å². The number of carboxylic acid groups (broad SMARTS) is 1. The van der Waals surface area contributed by atoms with E-state index >= 15 is 0 Å². The van der Waals surface area contributed by atoms with Crippen molar-refractivity contribution in [2.75, 3.05) is 5.32 Å². The number of carbonyl (C=O) groups is 2. The van der Waals surface area contributed by atoms with Gasteiger partial charge in [0.05, 0.1) is 16.1 Å². The van der Waals surface area contributed by atoms with E-state index in [1.165, 1.54) is 17.4 Å². The van der Waals surface area contributed by atoms with Crippen molar-refractivity contribution in [3.63, 3.8) is 0 Å². The summed E-state index contributed by atoms with van der Waals surface area (Å²) in [6, 6.07) is 12.0. The van der Waals surface area contributed by atoms with Crippen LogP contribution in [0.25, 0.3) is 11.6 Å². The Morgan fingerprint density at radius 1 is 1.17 bits per heavy atom. The zero-order valence-electron chi connectivity index (χ0n) is 16.0. The fourth-order valence-electron chi connectivity index (χ4n) is 2.80. The van der Waals surface area contributed by atoms with Crippen LogP contribution in [0, 0.1) is 6.92 Å². The predicted molar refractivity (Wildman–Crippen MR) is 117 cm³/mol. The number of rotatable bonds is 6. The molecule has 2 aromatic heterocycles. The molecule has 0 radical (unpaired) electrons. The number of nitrogens with one attached hydrogen (secondary N) is 1. The van der Waals surface area contributed by atoms with Crippen molar-refractivity contribution in [1.29, 1.82) is 0 Å². The molecular formula is C23H20N2O3S. The molecule has 0 unspecified atom stereocenters. The molecule has 0 aliphatic rings. The Bertz CT molecular complexity index is 1100. The molecule has 29 heavy (non-hydrogen) atoms. The van der Waals surface area contributed by atoms with Crippen molar-refractivity contribution in [2.24, 2.45) is 0 Å². The number of hydrogen-bond donors (Lipinski definition) is 2. The van der Waals surface area contributed by atoms with Crippen LogP contribution in [-0.4, -0.2) is 22.0 Å².